The van der Waals surface area contributed by atoms with Crippen LogP contribution in [0.5, 0.6) is 28.7 Å². The smallest absolute Gasteiger partial charge is 0.339 e. The summed E-state index contributed by atoms with van der Waals surface area (Å²) in [6.45, 7) is 1.62. The Labute approximate surface area is 155 Å². The van der Waals surface area contributed by atoms with Crippen LogP contribution in [0.15, 0.2) is 18.2 Å². The van der Waals surface area contributed by atoms with E-state index in [0.29, 0.717) is 50.1 Å². The van der Waals surface area contributed by atoms with Crippen molar-refractivity contribution >= 4 is 27.5 Å². The van der Waals surface area contributed by atoms with E-state index in [2.05, 4.69) is 0 Å². The van der Waals surface area contributed by atoms with Crippen LogP contribution in [0.1, 0.15) is 15.9 Å². The van der Waals surface area contributed by atoms with E-state index in [1.54, 1.807) is 19.1 Å². The van der Waals surface area contributed by atoms with E-state index >= 15 is 0 Å². The highest BCUT2D eigenvalue weighted by Gasteiger charge is 2.26. The molecule has 0 radical (unpaired) electrons. The summed E-state index contributed by atoms with van der Waals surface area (Å²) < 4.78 is 22.3. The number of carboxylic acid groups (broad SMARTS) is 1. The van der Waals surface area contributed by atoms with Gasteiger partial charge in [-0.1, -0.05) is 0 Å². The monoisotopic (exact) mass is 372 g/mol. The third-order valence-electron chi connectivity index (χ3n) is 4.67. The average molecular weight is 372 g/mol. The van der Waals surface area contributed by atoms with Crippen LogP contribution in [0.3, 0.4) is 0 Å². The Balaban J connectivity index is 2.74. The van der Waals surface area contributed by atoms with Gasteiger partial charge in [0.15, 0.2) is 0 Å². The van der Waals surface area contributed by atoms with Gasteiger partial charge in [0.25, 0.3) is 0 Å². The first-order chi connectivity index (χ1) is 12.9. The van der Waals surface area contributed by atoms with E-state index in [4.69, 9.17) is 18.9 Å². The average Bonchev–Trinajstić information content (AvgIpc) is 2.64. The molecule has 0 fully saturated rings. The summed E-state index contributed by atoms with van der Waals surface area (Å²) in [7, 11) is 6.06. The van der Waals surface area contributed by atoms with Crippen LogP contribution in [0.25, 0.3) is 21.5 Å². The van der Waals surface area contributed by atoms with Gasteiger partial charge in [-0.3, -0.25) is 0 Å². The van der Waals surface area contributed by atoms with Gasteiger partial charge in [0, 0.05) is 10.8 Å². The second kappa shape index (κ2) is 6.75. The molecule has 0 saturated carbocycles. The molecule has 0 bridgehead atoms. The molecule has 0 atom stereocenters. The zero-order chi connectivity index (χ0) is 19.9. The zero-order valence-electron chi connectivity index (χ0n) is 15.7. The molecule has 3 aromatic rings. The van der Waals surface area contributed by atoms with Crippen molar-refractivity contribution in [1.29, 1.82) is 0 Å². The van der Waals surface area contributed by atoms with Crippen molar-refractivity contribution < 1.29 is 34.0 Å². The van der Waals surface area contributed by atoms with Crippen molar-refractivity contribution in [1.82, 2.24) is 0 Å². The number of phenols is 1. The molecule has 0 aromatic heterocycles. The van der Waals surface area contributed by atoms with Crippen LogP contribution >= 0.6 is 0 Å². The molecular weight excluding hydrogens is 352 g/mol. The van der Waals surface area contributed by atoms with E-state index < -0.39 is 5.97 Å². The van der Waals surface area contributed by atoms with E-state index in [0.717, 1.165) is 0 Å². The zero-order valence-corrected chi connectivity index (χ0v) is 15.7. The molecule has 3 aromatic carbocycles. The van der Waals surface area contributed by atoms with Crippen LogP contribution in [-0.4, -0.2) is 44.6 Å². The Morgan fingerprint density at radius 3 is 1.81 bits per heavy atom. The highest BCUT2D eigenvalue weighted by molar-refractivity contribution is 6.18. The van der Waals surface area contributed by atoms with E-state index in [9.17, 15) is 15.0 Å². The topological polar surface area (TPSA) is 94.5 Å². The molecule has 0 saturated heterocycles. The summed E-state index contributed by atoms with van der Waals surface area (Å²) in [5.74, 6) is 0.303. The molecule has 7 heteroatoms. The van der Waals surface area contributed by atoms with E-state index in [1.807, 2.05) is 0 Å². The molecule has 0 heterocycles. The lowest BCUT2D eigenvalue weighted by atomic mass is 9.93. The van der Waals surface area contributed by atoms with Crippen LogP contribution in [0.4, 0.5) is 0 Å². The van der Waals surface area contributed by atoms with Gasteiger partial charge in [-0.2, -0.15) is 0 Å². The van der Waals surface area contributed by atoms with Gasteiger partial charge in [0.05, 0.1) is 39.2 Å². The SMILES string of the molecule is COc1ccc(OC)c2c(OC)c3c(C)c(C(=O)O)c(O)cc3c(OC)c12. The molecule has 0 unspecified atom stereocenters. The lowest BCUT2D eigenvalue weighted by molar-refractivity contribution is 0.0693. The van der Waals surface area contributed by atoms with Crippen molar-refractivity contribution in [2.75, 3.05) is 28.4 Å². The minimum atomic E-state index is -1.23. The highest BCUT2D eigenvalue weighted by atomic mass is 16.5. The van der Waals surface area contributed by atoms with Gasteiger partial charge in [0.2, 0.25) is 0 Å². The van der Waals surface area contributed by atoms with Crippen molar-refractivity contribution in [3.8, 4) is 28.7 Å². The van der Waals surface area contributed by atoms with Gasteiger partial charge < -0.3 is 29.2 Å². The van der Waals surface area contributed by atoms with Gasteiger partial charge in [-0.05, 0) is 30.7 Å². The van der Waals surface area contributed by atoms with Gasteiger partial charge in [-0.25, -0.2) is 4.79 Å². The number of hydrogen-bond acceptors (Lipinski definition) is 6. The summed E-state index contributed by atoms with van der Waals surface area (Å²) in [4.78, 5) is 11.7. The molecule has 27 heavy (non-hydrogen) atoms. The first-order valence-electron chi connectivity index (χ1n) is 8.09. The number of fused-ring (bicyclic) bond motifs is 2. The predicted octanol–water partition coefficient (Wildman–Crippen LogP) is 3.74. The number of aromatic hydroxyl groups is 1. The fourth-order valence-electron chi connectivity index (χ4n) is 3.57. The minimum absolute atomic E-state index is 0.191. The quantitative estimate of drug-likeness (QED) is 0.659. The van der Waals surface area contributed by atoms with Crippen LogP contribution in [-0.2, 0) is 0 Å². The second-order valence-corrected chi connectivity index (χ2v) is 5.91. The van der Waals surface area contributed by atoms with E-state index in [1.165, 1.54) is 34.5 Å². The Morgan fingerprint density at radius 1 is 0.852 bits per heavy atom. The third-order valence-corrected chi connectivity index (χ3v) is 4.67. The predicted molar refractivity (Wildman–Crippen MR) is 101 cm³/mol. The number of aromatic carboxylic acids is 1. The molecule has 142 valence electrons. The molecule has 2 N–H and O–H groups in total. The maximum absolute atomic E-state index is 11.7. The van der Waals surface area contributed by atoms with E-state index in [-0.39, 0.29) is 11.3 Å². The van der Waals surface area contributed by atoms with Crippen molar-refractivity contribution in [3.63, 3.8) is 0 Å². The summed E-state index contributed by atoms with van der Waals surface area (Å²) in [6, 6.07) is 4.85. The number of aryl methyl sites for hydroxylation is 1. The Morgan fingerprint density at radius 2 is 1.37 bits per heavy atom. The number of benzene rings is 3. The number of rotatable bonds is 5. The Hall–Kier alpha value is -3.35. The maximum Gasteiger partial charge on any atom is 0.339 e. The third kappa shape index (κ3) is 2.54. The lowest BCUT2D eigenvalue weighted by Crippen LogP contribution is -2.04. The fourth-order valence-corrected chi connectivity index (χ4v) is 3.57. The molecule has 0 aliphatic carbocycles. The lowest BCUT2D eigenvalue weighted by Gasteiger charge is -2.21. The largest absolute Gasteiger partial charge is 0.507 e. The van der Waals surface area contributed by atoms with Gasteiger partial charge in [-0.15, -0.1) is 0 Å². The first-order valence-corrected chi connectivity index (χ1v) is 8.09. The van der Waals surface area contributed by atoms with Crippen LogP contribution < -0.4 is 18.9 Å². The normalized spacial score (nSPS) is 10.9. The molecule has 7 nitrogen and oxygen atoms in total. The first kappa shape index (κ1) is 18.4. The maximum atomic E-state index is 11.7. The summed E-state index contributed by atoms with van der Waals surface area (Å²) in [5.41, 5.74) is 0.170. The number of carboxylic acids is 1. The van der Waals surface area contributed by atoms with Crippen LogP contribution in [0, 0.1) is 6.92 Å². The molecule has 0 amide bonds. The number of methoxy groups -OCH3 is 4. The molecule has 0 spiro atoms. The summed E-state index contributed by atoms with van der Waals surface area (Å²) in [6.07, 6.45) is 0. The summed E-state index contributed by atoms with van der Waals surface area (Å²) >= 11 is 0. The Bertz CT molecular complexity index is 1070. The minimum Gasteiger partial charge on any atom is -0.507 e. The number of hydrogen-bond donors (Lipinski definition) is 2. The number of ether oxygens (including phenoxy) is 4. The molecule has 3 rings (SSSR count). The molecule has 0 aliphatic heterocycles. The molecule has 0 aliphatic rings. The second-order valence-electron chi connectivity index (χ2n) is 5.91. The fraction of sp³-hybridized carbons (Fsp3) is 0.250. The standard InChI is InChI=1S/C20H20O7/c1-9-14-10(8-11(21)15(9)20(22)23)18(26-4)16-12(24-2)6-7-13(25-3)17(16)19(14)27-5/h6-8,21H,1-5H3,(H,22,23). The highest BCUT2D eigenvalue weighted by Crippen LogP contribution is 2.51. The Kier molecular flexibility index (Phi) is 4.61. The van der Waals surface area contributed by atoms with Crippen LogP contribution in [0.2, 0.25) is 0 Å². The van der Waals surface area contributed by atoms with Crippen molar-refractivity contribution in [3.05, 3.63) is 29.3 Å². The molecular formula is C20H20O7. The van der Waals surface area contributed by atoms with Gasteiger partial charge in [0.1, 0.15) is 34.3 Å². The van der Waals surface area contributed by atoms with Gasteiger partial charge >= 0.3 is 5.97 Å². The number of carbonyl (C=O) groups is 1. The summed E-state index contributed by atoms with van der Waals surface area (Å²) in [5, 5.41) is 22.0. The van der Waals surface area contributed by atoms with Crippen molar-refractivity contribution in [2.24, 2.45) is 0 Å². The van der Waals surface area contributed by atoms with Crippen molar-refractivity contribution in [2.45, 2.75) is 6.92 Å².